The molecule has 1 unspecified atom stereocenters. The molecule has 24 heavy (non-hydrogen) atoms. The third kappa shape index (κ3) is 3.27. The SMILES string of the molecule is CN1CCCC(COc2ccc3ncc(-c4ccc(Cl)s4)n3n2)C1. The first-order valence-electron chi connectivity index (χ1n) is 8.11. The zero-order valence-electron chi connectivity index (χ0n) is 13.5. The summed E-state index contributed by atoms with van der Waals surface area (Å²) in [5.41, 5.74) is 1.74. The Kier molecular flexibility index (Phi) is 4.43. The van der Waals surface area contributed by atoms with E-state index in [-0.39, 0.29) is 0 Å². The lowest BCUT2D eigenvalue weighted by Gasteiger charge is -2.29. The highest BCUT2D eigenvalue weighted by molar-refractivity contribution is 7.19. The van der Waals surface area contributed by atoms with E-state index in [1.165, 1.54) is 30.7 Å². The number of rotatable bonds is 4. The fourth-order valence-electron chi connectivity index (χ4n) is 3.17. The fraction of sp³-hybridized carbons (Fsp3) is 0.412. The topological polar surface area (TPSA) is 42.7 Å². The van der Waals surface area contributed by atoms with Crippen LogP contribution in [0.2, 0.25) is 4.34 Å². The summed E-state index contributed by atoms with van der Waals surface area (Å²) in [5.74, 6) is 1.21. The standard InChI is InChI=1S/C17H19ClN4OS/c1-21-8-2-3-12(10-21)11-23-17-7-6-16-19-9-13(22(16)20-17)14-4-5-15(18)24-14/h4-7,9,12H,2-3,8,10-11H2,1H3. The van der Waals surface area contributed by atoms with E-state index < -0.39 is 0 Å². The summed E-state index contributed by atoms with van der Waals surface area (Å²) in [4.78, 5) is 7.82. The minimum Gasteiger partial charge on any atom is -0.476 e. The second kappa shape index (κ2) is 6.70. The van der Waals surface area contributed by atoms with Gasteiger partial charge in [0.2, 0.25) is 5.88 Å². The molecule has 7 heteroatoms. The van der Waals surface area contributed by atoms with Crippen molar-refractivity contribution in [1.29, 1.82) is 0 Å². The van der Waals surface area contributed by atoms with Crippen LogP contribution in [0.1, 0.15) is 12.8 Å². The molecule has 3 aromatic rings. The molecule has 0 spiro atoms. The van der Waals surface area contributed by atoms with Gasteiger partial charge >= 0.3 is 0 Å². The second-order valence-electron chi connectivity index (χ2n) is 6.27. The largest absolute Gasteiger partial charge is 0.476 e. The van der Waals surface area contributed by atoms with E-state index >= 15 is 0 Å². The van der Waals surface area contributed by atoms with Crippen molar-refractivity contribution < 1.29 is 4.74 Å². The highest BCUT2D eigenvalue weighted by Crippen LogP contribution is 2.31. The second-order valence-corrected chi connectivity index (χ2v) is 7.99. The Hall–Kier alpha value is -1.63. The number of fused-ring (bicyclic) bond motifs is 1. The van der Waals surface area contributed by atoms with Crippen LogP contribution in [0.3, 0.4) is 0 Å². The molecule has 126 valence electrons. The molecule has 4 rings (SSSR count). The van der Waals surface area contributed by atoms with Crippen molar-refractivity contribution >= 4 is 28.6 Å². The van der Waals surface area contributed by atoms with E-state index in [1.54, 1.807) is 0 Å². The predicted octanol–water partition coefficient (Wildman–Crippen LogP) is 3.83. The van der Waals surface area contributed by atoms with Gasteiger partial charge in [-0.2, -0.15) is 0 Å². The predicted molar refractivity (Wildman–Crippen MR) is 97.0 cm³/mol. The summed E-state index contributed by atoms with van der Waals surface area (Å²) >= 11 is 7.57. The van der Waals surface area contributed by atoms with Gasteiger partial charge in [-0.25, -0.2) is 9.50 Å². The number of thiophene rings is 1. The van der Waals surface area contributed by atoms with Crippen molar-refractivity contribution in [1.82, 2.24) is 19.5 Å². The first-order chi connectivity index (χ1) is 11.7. The van der Waals surface area contributed by atoms with Gasteiger partial charge in [-0.05, 0) is 44.6 Å². The molecular weight excluding hydrogens is 344 g/mol. The van der Waals surface area contributed by atoms with E-state index in [2.05, 4.69) is 22.0 Å². The molecule has 5 nitrogen and oxygen atoms in total. The number of piperidine rings is 1. The molecular formula is C17H19ClN4OS. The van der Waals surface area contributed by atoms with Crippen molar-refractivity contribution in [2.45, 2.75) is 12.8 Å². The van der Waals surface area contributed by atoms with Gasteiger partial charge in [0, 0.05) is 18.5 Å². The Labute approximate surface area is 149 Å². The van der Waals surface area contributed by atoms with E-state index in [0.29, 0.717) is 18.4 Å². The van der Waals surface area contributed by atoms with Crippen LogP contribution in [0.25, 0.3) is 16.2 Å². The van der Waals surface area contributed by atoms with Crippen LogP contribution < -0.4 is 4.74 Å². The minimum absolute atomic E-state index is 0.569. The van der Waals surface area contributed by atoms with Crippen LogP contribution in [-0.2, 0) is 0 Å². The molecule has 0 radical (unpaired) electrons. The Morgan fingerprint density at radius 3 is 3.04 bits per heavy atom. The van der Waals surface area contributed by atoms with Crippen molar-refractivity contribution in [3.8, 4) is 16.5 Å². The van der Waals surface area contributed by atoms with Gasteiger partial charge in [-0.15, -0.1) is 16.4 Å². The zero-order valence-corrected chi connectivity index (χ0v) is 15.1. The molecule has 0 N–H and O–H groups in total. The first kappa shape index (κ1) is 15.9. The maximum atomic E-state index is 6.05. The van der Waals surface area contributed by atoms with Gasteiger partial charge in [0.1, 0.15) is 5.69 Å². The molecule has 0 saturated carbocycles. The van der Waals surface area contributed by atoms with Crippen molar-refractivity contribution in [2.24, 2.45) is 5.92 Å². The molecule has 0 amide bonds. The number of hydrogen-bond donors (Lipinski definition) is 0. The summed E-state index contributed by atoms with van der Waals surface area (Å²) in [5, 5.41) is 4.61. The van der Waals surface area contributed by atoms with Gasteiger partial charge in [-0.1, -0.05) is 11.6 Å². The van der Waals surface area contributed by atoms with E-state index in [1.807, 2.05) is 35.0 Å². The molecule has 1 saturated heterocycles. The van der Waals surface area contributed by atoms with Gasteiger partial charge in [0.25, 0.3) is 0 Å². The average Bonchev–Trinajstić information content (AvgIpc) is 3.18. The normalized spacial score (nSPS) is 19.0. The zero-order chi connectivity index (χ0) is 16.5. The molecule has 0 bridgehead atoms. The molecule has 0 aromatic carbocycles. The quantitative estimate of drug-likeness (QED) is 0.707. The number of halogens is 1. The number of hydrogen-bond acceptors (Lipinski definition) is 5. The van der Waals surface area contributed by atoms with Crippen molar-refractivity contribution in [3.63, 3.8) is 0 Å². The number of aromatic nitrogens is 3. The number of imidazole rings is 1. The summed E-state index contributed by atoms with van der Waals surface area (Å²) in [7, 11) is 2.17. The van der Waals surface area contributed by atoms with Crippen LogP contribution in [0.5, 0.6) is 5.88 Å². The Balaban J connectivity index is 1.54. The minimum atomic E-state index is 0.569. The Morgan fingerprint density at radius 1 is 1.33 bits per heavy atom. The molecule has 4 heterocycles. The van der Waals surface area contributed by atoms with Crippen LogP contribution in [-0.4, -0.2) is 46.2 Å². The van der Waals surface area contributed by atoms with Gasteiger partial charge in [0.05, 0.1) is 22.0 Å². The first-order valence-corrected chi connectivity index (χ1v) is 9.30. The third-order valence-corrected chi connectivity index (χ3v) is 5.61. The monoisotopic (exact) mass is 362 g/mol. The van der Waals surface area contributed by atoms with Gasteiger partial charge in [0.15, 0.2) is 5.65 Å². The van der Waals surface area contributed by atoms with Gasteiger partial charge in [-0.3, -0.25) is 0 Å². The molecule has 1 aliphatic rings. The number of likely N-dealkylation sites (tertiary alicyclic amines) is 1. The van der Waals surface area contributed by atoms with Crippen LogP contribution in [0.15, 0.2) is 30.5 Å². The number of nitrogens with zero attached hydrogens (tertiary/aromatic N) is 4. The lowest BCUT2D eigenvalue weighted by atomic mass is 10.00. The molecule has 3 aromatic heterocycles. The molecule has 1 atom stereocenters. The summed E-state index contributed by atoms with van der Waals surface area (Å²) in [6.07, 6.45) is 4.28. The van der Waals surface area contributed by atoms with Crippen LogP contribution in [0.4, 0.5) is 0 Å². The average molecular weight is 363 g/mol. The van der Waals surface area contributed by atoms with E-state index in [0.717, 1.165) is 27.1 Å². The van der Waals surface area contributed by atoms with Gasteiger partial charge < -0.3 is 9.64 Å². The fourth-order valence-corrected chi connectivity index (χ4v) is 4.20. The highest BCUT2D eigenvalue weighted by Gasteiger charge is 2.18. The Bertz CT molecular complexity index is 846. The summed E-state index contributed by atoms with van der Waals surface area (Å²) in [6, 6.07) is 7.71. The smallest absolute Gasteiger partial charge is 0.231 e. The lowest BCUT2D eigenvalue weighted by Crippen LogP contribution is -2.34. The highest BCUT2D eigenvalue weighted by atomic mass is 35.5. The number of ether oxygens (including phenoxy) is 1. The molecule has 1 aliphatic heterocycles. The van der Waals surface area contributed by atoms with E-state index in [9.17, 15) is 0 Å². The summed E-state index contributed by atoms with van der Waals surface area (Å²) in [6.45, 7) is 2.98. The van der Waals surface area contributed by atoms with Crippen molar-refractivity contribution in [3.05, 3.63) is 34.8 Å². The Morgan fingerprint density at radius 2 is 2.25 bits per heavy atom. The third-order valence-electron chi connectivity index (χ3n) is 4.35. The maximum Gasteiger partial charge on any atom is 0.231 e. The lowest BCUT2D eigenvalue weighted by molar-refractivity contribution is 0.146. The van der Waals surface area contributed by atoms with Crippen LogP contribution in [0, 0.1) is 5.92 Å². The van der Waals surface area contributed by atoms with Crippen LogP contribution >= 0.6 is 22.9 Å². The van der Waals surface area contributed by atoms with Crippen molar-refractivity contribution in [2.75, 3.05) is 26.7 Å². The maximum absolute atomic E-state index is 6.05. The van der Waals surface area contributed by atoms with E-state index in [4.69, 9.17) is 16.3 Å². The summed E-state index contributed by atoms with van der Waals surface area (Å²) < 4.78 is 8.54. The molecule has 1 fully saturated rings. The molecule has 0 aliphatic carbocycles.